The first-order valence-corrected chi connectivity index (χ1v) is 7.41. The predicted octanol–water partition coefficient (Wildman–Crippen LogP) is 1.86. The first-order chi connectivity index (χ1) is 9.45. The van der Waals surface area contributed by atoms with Crippen LogP contribution in [0.15, 0.2) is 41.3 Å². The van der Waals surface area contributed by atoms with E-state index in [1.54, 1.807) is 31.2 Å². The normalized spacial score (nSPS) is 11.2. The number of rotatable bonds is 3. The van der Waals surface area contributed by atoms with Gasteiger partial charge in [0.2, 0.25) is 0 Å². The molecule has 6 nitrogen and oxygen atoms in total. The highest BCUT2D eigenvalue weighted by Crippen LogP contribution is 2.27. The molecular weight excluding hydrogens is 280 g/mol. The minimum atomic E-state index is -4.01. The third-order valence-corrected chi connectivity index (χ3v) is 4.07. The lowest BCUT2D eigenvalue weighted by atomic mass is 10.1. The second-order valence-electron chi connectivity index (χ2n) is 4.02. The van der Waals surface area contributed by atoms with Gasteiger partial charge in [-0.3, -0.25) is 0 Å². The van der Waals surface area contributed by atoms with Gasteiger partial charge >= 0.3 is 6.09 Å². The lowest BCUT2D eigenvalue weighted by Crippen LogP contribution is -2.31. The van der Waals surface area contributed by atoms with Crippen LogP contribution in [0.4, 0.5) is 10.5 Å². The van der Waals surface area contributed by atoms with Crippen molar-refractivity contribution in [2.24, 2.45) is 0 Å². The van der Waals surface area contributed by atoms with Gasteiger partial charge in [-0.2, -0.15) is 0 Å². The SMILES string of the molecule is CCOC(=O)NS(=O)(=O)c1ccc(N)c2ccccc12. The number of amides is 1. The van der Waals surface area contributed by atoms with Gasteiger partial charge in [-0.1, -0.05) is 24.3 Å². The number of carbonyl (C=O) groups is 1. The van der Waals surface area contributed by atoms with E-state index >= 15 is 0 Å². The summed E-state index contributed by atoms with van der Waals surface area (Å²) >= 11 is 0. The number of hydrogen-bond donors (Lipinski definition) is 2. The maximum Gasteiger partial charge on any atom is 0.421 e. The van der Waals surface area contributed by atoms with Crippen molar-refractivity contribution in [3.8, 4) is 0 Å². The van der Waals surface area contributed by atoms with Crippen LogP contribution in [-0.2, 0) is 14.8 Å². The number of ether oxygens (including phenoxy) is 1. The van der Waals surface area contributed by atoms with E-state index in [1.165, 1.54) is 12.1 Å². The van der Waals surface area contributed by atoms with Gasteiger partial charge in [0.15, 0.2) is 0 Å². The maximum absolute atomic E-state index is 12.2. The third kappa shape index (κ3) is 2.67. The Hall–Kier alpha value is -2.28. The van der Waals surface area contributed by atoms with Crippen molar-refractivity contribution in [3.05, 3.63) is 36.4 Å². The Morgan fingerprint density at radius 3 is 2.50 bits per heavy atom. The molecule has 0 saturated carbocycles. The molecule has 1 amide bonds. The first-order valence-electron chi connectivity index (χ1n) is 5.92. The molecule has 0 atom stereocenters. The quantitative estimate of drug-likeness (QED) is 0.842. The maximum atomic E-state index is 12.2. The van der Waals surface area contributed by atoms with E-state index in [1.807, 2.05) is 4.72 Å². The van der Waals surface area contributed by atoms with Gasteiger partial charge < -0.3 is 10.5 Å². The number of hydrogen-bond acceptors (Lipinski definition) is 5. The van der Waals surface area contributed by atoms with Crippen molar-refractivity contribution in [1.29, 1.82) is 0 Å². The predicted molar refractivity (Wildman–Crippen MR) is 75.7 cm³/mol. The van der Waals surface area contributed by atoms with Gasteiger partial charge in [-0.25, -0.2) is 17.9 Å². The summed E-state index contributed by atoms with van der Waals surface area (Å²) in [5, 5.41) is 1.06. The van der Waals surface area contributed by atoms with E-state index in [-0.39, 0.29) is 11.5 Å². The number of sulfonamides is 1. The zero-order valence-electron chi connectivity index (χ0n) is 10.8. The molecule has 0 aliphatic rings. The summed E-state index contributed by atoms with van der Waals surface area (Å²) in [6.07, 6.45) is -1.01. The summed E-state index contributed by atoms with van der Waals surface area (Å²) in [5.41, 5.74) is 6.28. The monoisotopic (exact) mass is 294 g/mol. The van der Waals surface area contributed by atoms with E-state index in [4.69, 9.17) is 5.73 Å². The highest BCUT2D eigenvalue weighted by molar-refractivity contribution is 7.90. The summed E-state index contributed by atoms with van der Waals surface area (Å²) in [7, 11) is -4.01. The fraction of sp³-hybridized carbons (Fsp3) is 0.154. The summed E-state index contributed by atoms with van der Waals surface area (Å²) in [4.78, 5) is 11.3. The molecule has 0 bridgehead atoms. The highest BCUT2D eigenvalue weighted by atomic mass is 32.2. The molecule has 0 spiro atoms. The Morgan fingerprint density at radius 1 is 1.20 bits per heavy atom. The largest absolute Gasteiger partial charge is 0.449 e. The standard InChI is InChI=1S/C13H14N2O4S/c1-2-19-13(16)15-20(17,18)12-8-7-11(14)9-5-3-4-6-10(9)12/h3-8H,2,14H2,1H3,(H,15,16). The van der Waals surface area contributed by atoms with Crippen LogP contribution in [0.25, 0.3) is 10.8 Å². The molecule has 106 valence electrons. The number of anilines is 1. The molecule has 20 heavy (non-hydrogen) atoms. The second kappa shape index (κ2) is 5.38. The number of fused-ring (bicyclic) bond motifs is 1. The molecule has 0 fully saturated rings. The minimum Gasteiger partial charge on any atom is -0.449 e. The van der Waals surface area contributed by atoms with Gasteiger partial charge in [-0.05, 0) is 19.1 Å². The van der Waals surface area contributed by atoms with Crippen molar-refractivity contribution < 1.29 is 17.9 Å². The molecule has 3 N–H and O–H groups in total. The number of nitrogen functional groups attached to an aromatic ring is 1. The zero-order chi connectivity index (χ0) is 14.8. The van der Waals surface area contributed by atoms with E-state index in [0.717, 1.165) is 0 Å². The Bertz CT molecular complexity index is 756. The smallest absolute Gasteiger partial charge is 0.421 e. The van der Waals surface area contributed by atoms with Crippen molar-refractivity contribution in [1.82, 2.24) is 4.72 Å². The lowest BCUT2D eigenvalue weighted by molar-refractivity contribution is 0.158. The Balaban J connectivity index is 2.53. The molecule has 0 aromatic heterocycles. The molecule has 0 radical (unpaired) electrons. The summed E-state index contributed by atoms with van der Waals surface area (Å²) in [5.74, 6) is 0. The number of nitrogens with two attached hydrogens (primary N) is 1. The lowest BCUT2D eigenvalue weighted by Gasteiger charge is -2.10. The molecule has 0 unspecified atom stereocenters. The molecule has 7 heteroatoms. The van der Waals surface area contributed by atoms with Crippen LogP contribution in [0.2, 0.25) is 0 Å². The van der Waals surface area contributed by atoms with Gasteiger partial charge in [-0.15, -0.1) is 0 Å². The van der Waals surface area contributed by atoms with Gasteiger partial charge in [0.1, 0.15) is 0 Å². The highest BCUT2D eigenvalue weighted by Gasteiger charge is 2.21. The van der Waals surface area contributed by atoms with E-state index < -0.39 is 16.1 Å². The summed E-state index contributed by atoms with van der Waals surface area (Å²) < 4.78 is 30.8. The fourth-order valence-electron chi connectivity index (χ4n) is 1.85. The van der Waals surface area contributed by atoms with E-state index in [9.17, 15) is 13.2 Å². The van der Waals surface area contributed by atoms with E-state index in [0.29, 0.717) is 16.5 Å². The zero-order valence-corrected chi connectivity index (χ0v) is 11.6. The average Bonchev–Trinajstić information content (AvgIpc) is 2.38. The number of carbonyl (C=O) groups excluding carboxylic acids is 1. The van der Waals surface area contributed by atoms with Crippen LogP contribution in [0.5, 0.6) is 0 Å². The molecule has 0 saturated heterocycles. The Labute approximate surface area is 116 Å². The van der Waals surface area contributed by atoms with Crippen LogP contribution in [0, 0.1) is 0 Å². The topological polar surface area (TPSA) is 98.5 Å². The van der Waals surface area contributed by atoms with Crippen molar-refractivity contribution in [3.63, 3.8) is 0 Å². The first kappa shape index (κ1) is 14.1. The Morgan fingerprint density at radius 2 is 1.85 bits per heavy atom. The second-order valence-corrected chi connectivity index (χ2v) is 5.68. The summed E-state index contributed by atoms with van der Waals surface area (Å²) in [6.45, 7) is 1.68. The van der Waals surface area contributed by atoms with Crippen LogP contribution in [-0.4, -0.2) is 21.1 Å². The fourth-order valence-corrected chi connectivity index (χ4v) is 2.96. The van der Waals surface area contributed by atoms with Crippen LogP contribution in [0.1, 0.15) is 6.92 Å². The molecule has 2 aromatic carbocycles. The summed E-state index contributed by atoms with van der Waals surface area (Å²) in [6, 6.07) is 9.65. The molecular formula is C13H14N2O4S. The van der Waals surface area contributed by atoms with Gasteiger partial charge in [0.25, 0.3) is 10.0 Å². The number of benzene rings is 2. The van der Waals surface area contributed by atoms with Crippen molar-refractivity contribution >= 4 is 32.6 Å². The van der Waals surface area contributed by atoms with Gasteiger partial charge in [0, 0.05) is 16.5 Å². The Kier molecular flexibility index (Phi) is 3.80. The van der Waals surface area contributed by atoms with Crippen LogP contribution in [0.3, 0.4) is 0 Å². The third-order valence-electron chi connectivity index (χ3n) is 2.70. The minimum absolute atomic E-state index is 0.0182. The number of nitrogens with one attached hydrogen (secondary N) is 1. The van der Waals surface area contributed by atoms with Gasteiger partial charge in [0.05, 0.1) is 11.5 Å². The molecule has 2 aromatic rings. The van der Waals surface area contributed by atoms with Crippen molar-refractivity contribution in [2.75, 3.05) is 12.3 Å². The van der Waals surface area contributed by atoms with Crippen molar-refractivity contribution in [2.45, 2.75) is 11.8 Å². The van der Waals surface area contributed by atoms with Crippen LogP contribution < -0.4 is 10.5 Å². The molecule has 0 aliphatic carbocycles. The molecule has 2 rings (SSSR count). The average molecular weight is 294 g/mol. The molecule has 0 aliphatic heterocycles. The van der Waals surface area contributed by atoms with E-state index in [2.05, 4.69) is 4.74 Å². The molecule has 0 heterocycles. The van der Waals surface area contributed by atoms with Crippen LogP contribution >= 0.6 is 0 Å².